The van der Waals surface area contributed by atoms with Crippen LogP contribution in [0, 0.1) is 0 Å². The van der Waals surface area contributed by atoms with Gasteiger partial charge in [-0.1, -0.05) is 121 Å². The monoisotopic (exact) mass is 748 g/mol. The van der Waals surface area contributed by atoms with Crippen LogP contribution in [0.4, 0.5) is 0 Å². The van der Waals surface area contributed by atoms with E-state index < -0.39 is 0 Å². The minimum Gasteiger partial charge on any atom is -0.310 e. The molecule has 0 aliphatic carbocycles. The molecule has 0 fully saturated rings. The fraction of sp³-hybridized carbons (Fsp3) is 0.0385. The van der Waals surface area contributed by atoms with E-state index in [0.717, 1.165) is 33.8 Å². The first-order valence-electron chi connectivity index (χ1n) is 19.4. The van der Waals surface area contributed by atoms with Crippen LogP contribution in [0.25, 0.3) is 110 Å². The first-order chi connectivity index (χ1) is 28.2. The lowest BCUT2D eigenvalue weighted by molar-refractivity contribution is 1.07. The first kappa shape index (κ1) is 33.3. The number of hydrogen-bond donors (Lipinski definition) is 0. The third-order valence-corrected chi connectivity index (χ3v) is 12.4. The average molecular weight is 749 g/mol. The normalized spacial score (nSPS) is 12.6. The van der Waals surface area contributed by atoms with Crippen molar-refractivity contribution in [3.8, 4) is 45.3 Å². The molecule has 4 heterocycles. The van der Waals surface area contributed by atoms with Crippen LogP contribution in [0.1, 0.15) is 13.8 Å². The molecule has 0 atom stereocenters. The SMILES string of the molecule is C/C=c1\c(=C/C)n(-c2ccccc2)c2cc3sc4cc5c(cc4c3cc12)c1ccccc1n5-c1ccc(-c2cc(-c3ccccc3)nc(-c3ccccc3)n2)cc1. The summed E-state index contributed by atoms with van der Waals surface area (Å²) in [5, 5.41) is 8.88. The second-order valence-corrected chi connectivity index (χ2v) is 15.6. The maximum Gasteiger partial charge on any atom is 0.160 e. The van der Waals surface area contributed by atoms with Gasteiger partial charge >= 0.3 is 0 Å². The van der Waals surface area contributed by atoms with Crippen LogP contribution in [0.2, 0.25) is 0 Å². The zero-order chi connectivity index (χ0) is 38.0. The van der Waals surface area contributed by atoms with Gasteiger partial charge in [-0.05, 0) is 74.5 Å². The topological polar surface area (TPSA) is 35.6 Å². The number of fused-ring (bicyclic) bond motifs is 7. The van der Waals surface area contributed by atoms with Crippen LogP contribution in [0.5, 0.6) is 0 Å². The van der Waals surface area contributed by atoms with Gasteiger partial charge in [0.05, 0.1) is 27.9 Å². The Morgan fingerprint density at radius 3 is 1.61 bits per heavy atom. The van der Waals surface area contributed by atoms with Crippen molar-refractivity contribution in [2.75, 3.05) is 0 Å². The van der Waals surface area contributed by atoms with Gasteiger partial charge in [-0.25, -0.2) is 9.97 Å². The highest BCUT2D eigenvalue weighted by Gasteiger charge is 2.18. The molecule has 0 amide bonds. The van der Waals surface area contributed by atoms with Crippen molar-refractivity contribution >= 4 is 76.4 Å². The molecule has 0 spiro atoms. The molecule has 0 aliphatic heterocycles. The van der Waals surface area contributed by atoms with E-state index in [1.54, 1.807) is 0 Å². The van der Waals surface area contributed by atoms with E-state index in [1.807, 2.05) is 35.6 Å². The van der Waals surface area contributed by atoms with Gasteiger partial charge in [0.15, 0.2) is 5.82 Å². The molecule has 0 saturated carbocycles. The number of thiophene rings is 1. The zero-order valence-electron chi connectivity index (χ0n) is 31.5. The second-order valence-electron chi connectivity index (χ2n) is 14.5. The number of rotatable bonds is 5. The van der Waals surface area contributed by atoms with E-state index in [9.17, 15) is 0 Å². The Bertz CT molecular complexity index is 3390. The van der Waals surface area contributed by atoms with Gasteiger partial charge in [0.25, 0.3) is 0 Å². The Morgan fingerprint density at radius 1 is 0.421 bits per heavy atom. The predicted molar refractivity (Wildman–Crippen MR) is 242 cm³/mol. The fourth-order valence-corrected chi connectivity index (χ4v) is 9.77. The van der Waals surface area contributed by atoms with E-state index in [0.29, 0.717) is 5.82 Å². The molecule has 5 heteroatoms. The molecule has 11 aromatic rings. The summed E-state index contributed by atoms with van der Waals surface area (Å²) in [5.41, 5.74) is 10.8. The molecule has 57 heavy (non-hydrogen) atoms. The molecule has 4 aromatic heterocycles. The number of para-hydroxylation sites is 2. The maximum atomic E-state index is 5.08. The highest BCUT2D eigenvalue weighted by atomic mass is 32.1. The summed E-state index contributed by atoms with van der Waals surface area (Å²) in [6, 6.07) is 60.6. The van der Waals surface area contributed by atoms with Crippen LogP contribution in [0.15, 0.2) is 170 Å². The van der Waals surface area contributed by atoms with Crippen LogP contribution in [-0.4, -0.2) is 19.1 Å². The molecule has 0 unspecified atom stereocenters. The summed E-state index contributed by atoms with van der Waals surface area (Å²) in [5.74, 6) is 0.716. The van der Waals surface area contributed by atoms with E-state index in [4.69, 9.17) is 9.97 Å². The fourth-order valence-electron chi connectivity index (χ4n) is 8.63. The third-order valence-electron chi connectivity index (χ3n) is 11.3. The summed E-state index contributed by atoms with van der Waals surface area (Å²) in [6.07, 6.45) is 4.49. The largest absolute Gasteiger partial charge is 0.310 e. The summed E-state index contributed by atoms with van der Waals surface area (Å²) in [7, 11) is 0. The van der Waals surface area contributed by atoms with Crippen molar-refractivity contribution in [1.29, 1.82) is 0 Å². The van der Waals surface area contributed by atoms with Gasteiger partial charge in [-0.3, -0.25) is 0 Å². The maximum absolute atomic E-state index is 5.08. The highest BCUT2D eigenvalue weighted by molar-refractivity contribution is 7.26. The zero-order valence-corrected chi connectivity index (χ0v) is 32.3. The Labute approximate surface area is 333 Å². The van der Waals surface area contributed by atoms with E-state index in [-0.39, 0.29) is 0 Å². The Balaban J connectivity index is 1.08. The first-order valence-corrected chi connectivity index (χ1v) is 20.2. The number of hydrogen-bond acceptors (Lipinski definition) is 3. The molecule has 0 saturated heterocycles. The van der Waals surface area contributed by atoms with Gasteiger partial charge in [-0.2, -0.15) is 0 Å². The van der Waals surface area contributed by atoms with Crippen molar-refractivity contribution < 1.29 is 0 Å². The van der Waals surface area contributed by atoms with Crippen molar-refractivity contribution in [3.63, 3.8) is 0 Å². The number of nitrogens with zero attached hydrogens (tertiary/aromatic N) is 4. The Kier molecular flexibility index (Phi) is 7.76. The van der Waals surface area contributed by atoms with E-state index >= 15 is 0 Å². The van der Waals surface area contributed by atoms with Crippen molar-refractivity contribution in [2.24, 2.45) is 0 Å². The van der Waals surface area contributed by atoms with E-state index in [1.165, 1.54) is 69.1 Å². The Morgan fingerprint density at radius 2 is 0.965 bits per heavy atom. The third kappa shape index (κ3) is 5.35. The summed E-state index contributed by atoms with van der Waals surface area (Å²) in [4.78, 5) is 10.1. The smallest absolute Gasteiger partial charge is 0.160 e. The summed E-state index contributed by atoms with van der Waals surface area (Å²) in [6.45, 7) is 4.29. The van der Waals surface area contributed by atoms with E-state index in [2.05, 4.69) is 181 Å². The lowest BCUT2D eigenvalue weighted by Gasteiger charge is -2.11. The summed E-state index contributed by atoms with van der Waals surface area (Å²) >= 11 is 1.88. The Hall–Kier alpha value is -7.08. The van der Waals surface area contributed by atoms with Crippen LogP contribution >= 0.6 is 11.3 Å². The van der Waals surface area contributed by atoms with Gasteiger partial charge in [0.2, 0.25) is 0 Å². The van der Waals surface area contributed by atoms with Crippen molar-refractivity contribution in [3.05, 3.63) is 180 Å². The molecule has 4 nitrogen and oxygen atoms in total. The van der Waals surface area contributed by atoms with Gasteiger partial charge in [-0.15, -0.1) is 11.3 Å². The predicted octanol–water partition coefficient (Wildman–Crippen LogP) is 12.5. The number of benzene rings is 7. The minimum atomic E-state index is 0.716. The molecular weight excluding hydrogens is 713 g/mol. The van der Waals surface area contributed by atoms with Crippen molar-refractivity contribution in [2.45, 2.75) is 13.8 Å². The molecule has 0 bridgehead atoms. The van der Waals surface area contributed by atoms with Crippen LogP contribution < -0.4 is 10.6 Å². The molecule has 0 N–H and O–H groups in total. The molecule has 270 valence electrons. The molecule has 0 radical (unpaired) electrons. The number of aromatic nitrogens is 4. The second kappa shape index (κ2) is 13.3. The molecule has 11 rings (SSSR count). The van der Waals surface area contributed by atoms with Crippen LogP contribution in [0.3, 0.4) is 0 Å². The summed E-state index contributed by atoms with van der Waals surface area (Å²) < 4.78 is 7.39. The average Bonchev–Trinajstić information content (AvgIpc) is 3.91. The highest BCUT2D eigenvalue weighted by Crippen LogP contribution is 2.42. The van der Waals surface area contributed by atoms with Crippen molar-refractivity contribution in [1.82, 2.24) is 19.1 Å². The molecule has 7 aromatic carbocycles. The van der Waals surface area contributed by atoms with Gasteiger partial charge in [0, 0.05) is 75.0 Å². The minimum absolute atomic E-state index is 0.716. The standard InChI is InChI=1S/C52H36N4S/c1-3-38-40-28-42-43-29-41-39-22-14-15-23-47(39)56(49(41)32-51(43)57-50(42)31-48(40)55(46(38)4-2)36-20-12-7-13-21-36)37-26-24-34(25-27-37)45-30-44(33-16-8-5-9-17-33)53-52(54-45)35-18-10-6-11-19-35/h3-32H,1-2H3/b38-3-,46-4+. The molecule has 0 aliphatic rings. The van der Waals surface area contributed by atoms with Gasteiger partial charge < -0.3 is 9.13 Å². The van der Waals surface area contributed by atoms with Gasteiger partial charge in [0.1, 0.15) is 0 Å². The lowest BCUT2D eigenvalue weighted by atomic mass is 10.1. The quantitative estimate of drug-likeness (QED) is 0.176. The van der Waals surface area contributed by atoms with Crippen LogP contribution in [-0.2, 0) is 0 Å². The molecular formula is C52H36N4S. The lowest BCUT2D eigenvalue weighted by Crippen LogP contribution is -2.27.